The van der Waals surface area contributed by atoms with Gasteiger partial charge in [-0.25, -0.2) is 4.79 Å². The van der Waals surface area contributed by atoms with E-state index in [4.69, 9.17) is 4.74 Å². The fourth-order valence-electron chi connectivity index (χ4n) is 2.22. The number of hydrogen-bond donors (Lipinski definition) is 1. The van der Waals surface area contributed by atoms with Gasteiger partial charge in [-0.05, 0) is 25.7 Å². The molecule has 0 spiro atoms. The van der Waals surface area contributed by atoms with Crippen molar-refractivity contribution in [3.8, 4) is 0 Å². The molecule has 0 bridgehead atoms. The third kappa shape index (κ3) is 7.31. The van der Waals surface area contributed by atoms with Crippen LogP contribution in [0.5, 0.6) is 0 Å². The van der Waals surface area contributed by atoms with E-state index in [-0.39, 0.29) is 11.9 Å². The van der Waals surface area contributed by atoms with Gasteiger partial charge in [-0.15, -0.1) is 0 Å². The SMILES string of the molecule is CCCCCCC/C=C/CCOC(=O)[C@@H]1CCC(=O)N1. The molecule has 1 amide bonds. The minimum atomic E-state index is -0.426. The van der Waals surface area contributed by atoms with Crippen molar-refractivity contribution >= 4 is 11.9 Å². The number of esters is 1. The molecule has 0 aromatic heterocycles. The maximum absolute atomic E-state index is 11.6. The number of hydrogen-bond acceptors (Lipinski definition) is 3. The standard InChI is InChI=1S/C16H27NO3/c1-2-3-4-5-6-7-8-9-10-13-20-16(19)14-11-12-15(18)17-14/h8-9,14H,2-7,10-13H2,1H3,(H,17,18)/b9-8+/t14-/m0/s1. The fourth-order valence-corrected chi connectivity index (χ4v) is 2.22. The third-order valence-electron chi connectivity index (χ3n) is 3.45. The maximum Gasteiger partial charge on any atom is 0.328 e. The fraction of sp³-hybridized carbons (Fsp3) is 0.750. The maximum atomic E-state index is 11.6. The Kier molecular flexibility index (Phi) is 8.76. The highest BCUT2D eigenvalue weighted by molar-refractivity contribution is 5.87. The molecule has 1 atom stereocenters. The largest absolute Gasteiger partial charge is 0.464 e. The summed E-state index contributed by atoms with van der Waals surface area (Å²) in [5.41, 5.74) is 0. The lowest BCUT2D eigenvalue weighted by Crippen LogP contribution is -2.34. The molecule has 1 fully saturated rings. The second-order valence-electron chi connectivity index (χ2n) is 5.29. The lowest BCUT2D eigenvalue weighted by Gasteiger charge is -2.08. The Balaban J connectivity index is 1.93. The van der Waals surface area contributed by atoms with Crippen LogP contribution in [-0.2, 0) is 14.3 Å². The quantitative estimate of drug-likeness (QED) is 0.380. The normalized spacial score (nSPS) is 18.4. The van der Waals surface area contributed by atoms with Gasteiger partial charge in [0, 0.05) is 6.42 Å². The van der Waals surface area contributed by atoms with Crippen LogP contribution >= 0.6 is 0 Å². The number of rotatable bonds is 10. The highest BCUT2D eigenvalue weighted by atomic mass is 16.5. The Bertz CT molecular complexity index is 326. The summed E-state index contributed by atoms with van der Waals surface area (Å²) in [6.45, 7) is 2.62. The summed E-state index contributed by atoms with van der Waals surface area (Å²) in [4.78, 5) is 22.5. The van der Waals surface area contributed by atoms with Crippen molar-refractivity contribution in [2.24, 2.45) is 0 Å². The average molecular weight is 281 g/mol. The molecule has 1 rings (SSSR count). The first-order chi connectivity index (χ1) is 9.74. The second kappa shape index (κ2) is 10.5. The smallest absolute Gasteiger partial charge is 0.328 e. The van der Waals surface area contributed by atoms with Gasteiger partial charge in [0.15, 0.2) is 0 Å². The Morgan fingerprint density at radius 1 is 1.25 bits per heavy atom. The number of allylic oxidation sites excluding steroid dienone is 1. The molecule has 0 radical (unpaired) electrons. The van der Waals surface area contributed by atoms with Crippen LogP contribution in [0.2, 0.25) is 0 Å². The Hall–Kier alpha value is -1.32. The van der Waals surface area contributed by atoms with Gasteiger partial charge in [-0.1, -0.05) is 44.8 Å². The van der Waals surface area contributed by atoms with Crippen LogP contribution in [0, 0.1) is 0 Å². The summed E-state index contributed by atoms with van der Waals surface area (Å²) in [6.07, 6.45) is 13.6. The Labute approximate surface area is 122 Å². The van der Waals surface area contributed by atoms with Crippen molar-refractivity contribution in [3.63, 3.8) is 0 Å². The van der Waals surface area contributed by atoms with Gasteiger partial charge in [-0.2, -0.15) is 0 Å². The van der Waals surface area contributed by atoms with E-state index < -0.39 is 6.04 Å². The lowest BCUT2D eigenvalue weighted by atomic mass is 10.1. The van der Waals surface area contributed by atoms with Crippen molar-refractivity contribution in [3.05, 3.63) is 12.2 Å². The van der Waals surface area contributed by atoms with Crippen LogP contribution < -0.4 is 5.32 Å². The third-order valence-corrected chi connectivity index (χ3v) is 3.45. The zero-order valence-electron chi connectivity index (χ0n) is 12.5. The van der Waals surface area contributed by atoms with Gasteiger partial charge in [0.1, 0.15) is 6.04 Å². The minimum absolute atomic E-state index is 0.0603. The van der Waals surface area contributed by atoms with Crippen molar-refractivity contribution in [2.45, 2.75) is 70.8 Å². The molecule has 114 valence electrons. The van der Waals surface area contributed by atoms with Crippen LogP contribution in [-0.4, -0.2) is 24.5 Å². The predicted octanol–water partition coefficient (Wildman–Crippen LogP) is 3.12. The van der Waals surface area contributed by atoms with Crippen LogP contribution in [0.25, 0.3) is 0 Å². The summed E-state index contributed by atoms with van der Waals surface area (Å²) >= 11 is 0. The number of carbonyl (C=O) groups is 2. The van der Waals surface area contributed by atoms with E-state index in [0.717, 1.165) is 12.8 Å². The van der Waals surface area contributed by atoms with E-state index in [1.807, 2.05) is 0 Å². The summed E-state index contributed by atoms with van der Waals surface area (Å²) in [5.74, 6) is -0.362. The zero-order valence-corrected chi connectivity index (χ0v) is 12.5. The average Bonchev–Trinajstić information content (AvgIpc) is 2.87. The molecule has 0 saturated carbocycles. The van der Waals surface area contributed by atoms with Crippen LogP contribution in [0.3, 0.4) is 0 Å². The highest BCUT2D eigenvalue weighted by Crippen LogP contribution is 2.08. The summed E-state index contributed by atoms with van der Waals surface area (Å²) in [6, 6.07) is -0.426. The first-order valence-corrected chi connectivity index (χ1v) is 7.85. The molecule has 0 aromatic rings. The number of amides is 1. The van der Waals surface area contributed by atoms with Crippen LogP contribution in [0.15, 0.2) is 12.2 Å². The molecule has 1 saturated heterocycles. The second-order valence-corrected chi connectivity index (χ2v) is 5.29. The van der Waals surface area contributed by atoms with E-state index in [9.17, 15) is 9.59 Å². The molecule has 4 nitrogen and oxygen atoms in total. The van der Waals surface area contributed by atoms with Crippen molar-refractivity contribution in [1.29, 1.82) is 0 Å². The summed E-state index contributed by atoms with van der Waals surface area (Å²) in [5, 5.41) is 2.61. The molecule has 0 aliphatic carbocycles. The highest BCUT2D eigenvalue weighted by Gasteiger charge is 2.28. The molecular weight excluding hydrogens is 254 g/mol. The first kappa shape index (κ1) is 16.7. The molecule has 0 aromatic carbocycles. The van der Waals surface area contributed by atoms with Gasteiger partial charge >= 0.3 is 5.97 Å². The van der Waals surface area contributed by atoms with Crippen molar-refractivity contribution in [2.75, 3.05) is 6.61 Å². The minimum Gasteiger partial charge on any atom is -0.464 e. The molecule has 1 aliphatic heterocycles. The van der Waals surface area contributed by atoms with E-state index >= 15 is 0 Å². The number of carbonyl (C=O) groups excluding carboxylic acids is 2. The van der Waals surface area contributed by atoms with Gasteiger partial charge in [0.2, 0.25) is 5.91 Å². The van der Waals surface area contributed by atoms with Crippen molar-refractivity contribution in [1.82, 2.24) is 5.32 Å². The monoisotopic (exact) mass is 281 g/mol. The Morgan fingerprint density at radius 3 is 2.70 bits per heavy atom. The summed E-state index contributed by atoms with van der Waals surface area (Å²) < 4.78 is 5.13. The number of nitrogens with one attached hydrogen (secondary N) is 1. The molecule has 4 heteroatoms. The zero-order chi connectivity index (χ0) is 14.6. The predicted molar refractivity (Wildman–Crippen MR) is 79.3 cm³/mol. The molecule has 20 heavy (non-hydrogen) atoms. The number of ether oxygens (including phenoxy) is 1. The van der Waals surface area contributed by atoms with E-state index in [0.29, 0.717) is 19.4 Å². The lowest BCUT2D eigenvalue weighted by molar-refractivity contribution is -0.146. The van der Waals surface area contributed by atoms with Gasteiger partial charge < -0.3 is 10.1 Å². The van der Waals surface area contributed by atoms with Crippen LogP contribution in [0.4, 0.5) is 0 Å². The van der Waals surface area contributed by atoms with E-state index in [1.54, 1.807) is 0 Å². The Morgan fingerprint density at radius 2 is 2.00 bits per heavy atom. The summed E-state index contributed by atoms with van der Waals surface area (Å²) in [7, 11) is 0. The molecule has 1 heterocycles. The van der Waals surface area contributed by atoms with Gasteiger partial charge in [0.25, 0.3) is 0 Å². The molecule has 1 N–H and O–H groups in total. The van der Waals surface area contributed by atoms with Crippen LogP contribution in [0.1, 0.15) is 64.7 Å². The molecule has 1 aliphatic rings. The number of unbranched alkanes of at least 4 members (excludes halogenated alkanes) is 5. The topological polar surface area (TPSA) is 55.4 Å². The van der Waals surface area contributed by atoms with Crippen molar-refractivity contribution < 1.29 is 14.3 Å². The van der Waals surface area contributed by atoms with E-state index in [1.165, 1.54) is 32.1 Å². The first-order valence-electron chi connectivity index (χ1n) is 7.85. The van der Waals surface area contributed by atoms with Gasteiger partial charge in [-0.3, -0.25) is 4.79 Å². The molecule has 0 unspecified atom stereocenters. The van der Waals surface area contributed by atoms with Gasteiger partial charge in [0.05, 0.1) is 6.61 Å². The molecular formula is C16H27NO3. The van der Waals surface area contributed by atoms with E-state index in [2.05, 4.69) is 24.4 Å².